The fraction of sp³-hybridized carbons (Fsp3) is 0.216. The molecule has 55 heavy (non-hydrogen) atoms. The Bertz CT molecular complexity index is 2450. The van der Waals surface area contributed by atoms with Gasteiger partial charge in [-0.2, -0.15) is 0 Å². The minimum Gasteiger partial charge on any atom is -0.340 e. The lowest BCUT2D eigenvalue weighted by Crippen LogP contribution is -2.31. The minimum absolute atomic E-state index is 0.1000. The van der Waals surface area contributed by atoms with E-state index in [0.717, 1.165) is 78.1 Å². The molecular weight excluding hydrogens is 669 g/mol. The first-order valence-corrected chi connectivity index (χ1v) is 20.1. The van der Waals surface area contributed by atoms with Crippen molar-refractivity contribution < 1.29 is 0 Å². The van der Waals surface area contributed by atoms with Crippen molar-refractivity contribution in [1.29, 1.82) is 0 Å². The van der Waals surface area contributed by atoms with E-state index in [1.807, 2.05) is 0 Å². The summed E-state index contributed by atoms with van der Waals surface area (Å²) < 4.78 is 0. The molecule has 3 unspecified atom stereocenters. The van der Waals surface area contributed by atoms with Crippen molar-refractivity contribution in [1.82, 2.24) is 10.3 Å². The molecule has 0 radical (unpaired) electrons. The molecule has 4 aromatic rings. The fourth-order valence-electron chi connectivity index (χ4n) is 9.32. The maximum atomic E-state index is 5.62. The number of aliphatic imine (C=N–C) groups is 1. The fourth-order valence-corrected chi connectivity index (χ4v) is 9.32. The second kappa shape index (κ2) is 14.3. The molecule has 6 aliphatic rings. The van der Waals surface area contributed by atoms with Gasteiger partial charge in [-0.3, -0.25) is 4.99 Å². The van der Waals surface area contributed by atoms with Gasteiger partial charge in [-0.15, -0.1) is 0 Å². The molecule has 2 aliphatic heterocycles. The summed E-state index contributed by atoms with van der Waals surface area (Å²) in [4.78, 5) is 13.5. The summed E-state index contributed by atoms with van der Waals surface area (Å²) in [5, 5.41) is 3.79. The van der Waals surface area contributed by atoms with Crippen LogP contribution >= 0.6 is 0 Å². The molecule has 1 aromatic heterocycles. The number of fused-ring (bicyclic) bond motifs is 6. The largest absolute Gasteiger partial charge is 0.340 e. The van der Waals surface area contributed by atoms with Crippen LogP contribution in [0.25, 0.3) is 28.0 Å². The smallest absolute Gasteiger partial charge is 0.142 e. The summed E-state index contributed by atoms with van der Waals surface area (Å²) in [6.07, 6.45) is 35.9. The van der Waals surface area contributed by atoms with Crippen molar-refractivity contribution in [3.63, 3.8) is 0 Å². The second-order valence-electron chi connectivity index (χ2n) is 15.5. The number of amidine groups is 1. The van der Waals surface area contributed by atoms with E-state index in [4.69, 9.17) is 16.6 Å². The Morgan fingerprint density at radius 2 is 1.49 bits per heavy atom. The standard InChI is InChI=1S/C51H46N4/c1-34-45-31-41(39-26-28-42(35-16-6-2-7-17-35)46(30-39)36-18-8-3-9-19-36)33-52-51(45)55-47-25-15-14-24-43(47)44-29-27-40(32-48(44)55)49(37-20-10-4-11-21-37)54-50(53-34)38-22-12-5-13-23-38/h2-3,5-6,8,12-16,18,20,22-33,43,47,49H,1,4,7,9-11,17,19,21H2,(H,53,54). The maximum absolute atomic E-state index is 5.62. The van der Waals surface area contributed by atoms with Gasteiger partial charge < -0.3 is 10.2 Å². The summed E-state index contributed by atoms with van der Waals surface area (Å²) in [5.74, 6) is 1.97. The third-order valence-corrected chi connectivity index (χ3v) is 12.1. The zero-order chi connectivity index (χ0) is 36.7. The SMILES string of the molecule is C=C1NC(c2ccccc2)=NC(C2=CCCCC2)c2ccc3c(c2)N(c2ncc(-c4ccc(C5=CC=CCC5)c(C5=CC=CCC5)c4)cc21)C1C=CC=CC31. The van der Waals surface area contributed by atoms with E-state index >= 15 is 0 Å². The van der Waals surface area contributed by atoms with E-state index in [1.165, 1.54) is 57.5 Å². The predicted octanol–water partition coefficient (Wildman–Crippen LogP) is 12.5. The van der Waals surface area contributed by atoms with Crippen LogP contribution in [0.3, 0.4) is 0 Å². The van der Waals surface area contributed by atoms with Crippen LogP contribution in [-0.2, 0) is 0 Å². The molecule has 0 amide bonds. The van der Waals surface area contributed by atoms with Crippen LogP contribution in [-0.4, -0.2) is 16.9 Å². The van der Waals surface area contributed by atoms with Crippen molar-refractivity contribution in [2.45, 2.75) is 69.4 Å². The Labute approximate surface area is 325 Å². The average molecular weight is 715 g/mol. The molecule has 270 valence electrons. The number of anilines is 2. The molecule has 0 spiro atoms. The second-order valence-corrected chi connectivity index (χ2v) is 15.5. The van der Waals surface area contributed by atoms with Gasteiger partial charge in [0.05, 0.1) is 12.1 Å². The minimum atomic E-state index is -0.1000. The monoisotopic (exact) mass is 714 g/mol. The van der Waals surface area contributed by atoms with Gasteiger partial charge in [0.2, 0.25) is 0 Å². The van der Waals surface area contributed by atoms with Crippen LogP contribution in [0.4, 0.5) is 11.5 Å². The van der Waals surface area contributed by atoms with Crippen LogP contribution in [0.1, 0.15) is 96.7 Å². The molecular formula is C51H46N4. The zero-order valence-corrected chi connectivity index (χ0v) is 31.3. The molecule has 0 saturated carbocycles. The third-order valence-electron chi connectivity index (χ3n) is 12.1. The molecule has 2 bridgehead atoms. The normalized spacial score (nSPS) is 22.4. The highest BCUT2D eigenvalue weighted by atomic mass is 15.2. The number of nitrogens with one attached hydrogen (secondary N) is 1. The van der Waals surface area contributed by atoms with Crippen LogP contribution in [0.2, 0.25) is 0 Å². The van der Waals surface area contributed by atoms with E-state index < -0.39 is 0 Å². The Kier molecular flexibility index (Phi) is 8.75. The highest BCUT2D eigenvalue weighted by molar-refractivity contribution is 6.04. The van der Waals surface area contributed by atoms with Gasteiger partial charge in [-0.1, -0.05) is 128 Å². The number of rotatable bonds is 5. The van der Waals surface area contributed by atoms with Gasteiger partial charge in [0, 0.05) is 40.2 Å². The molecule has 3 atom stereocenters. The van der Waals surface area contributed by atoms with Crippen LogP contribution in [0.15, 0.2) is 163 Å². The van der Waals surface area contributed by atoms with Gasteiger partial charge in [-0.25, -0.2) is 4.98 Å². The quantitative estimate of drug-likeness (QED) is 0.209. The van der Waals surface area contributed by atoms with E-state index in [-0.39, 0.29) is 18.0 Å². The molecule has 4 heteroatoms. The Balaban J connectivity index is 1.16. The van der Waals surface area contributed by atoms with E-state index in [9.17, 15) is 0 Å². The molecule has 4 aliphatic carbocycles. The lowest BCUT2D eigenvalue weighted by Gasteiger charge is -2.30. The number of pyridine rings is 1. The van der Waals surface area contributed by atoms with Crippen molar-refractivity contribution in [2.75, 3.05) is 4.90 Å². The van der Waals surface area contributed by atoms with Gasteiger partial charge >= 0.3 is 0 Å². The van der Waals surface area contributed by atoms with Crippen LogP contribution in [0, 0.1) is 0 Å². The first-order chi connectivity index (χ1) is 27.2. The summed E-state index contributed by atoms with van der Waals surface area (Å²) in [5.41, 5.74) is 15.6. The number of nitrogens with zero attached hydrogens (tertiary/aromatic N) is 3. The molecule has 1 N–H and O–H groups in total. The van der Waals surface area contributed by atoms with Gasteiger partial charge in [0.15, 0.2) is 0 Å². The number of hydrogen-bond acceptors (Lipinski definition) is 4. The van der Waals surface area contributed by atoms with Gasteiger partial charge in [0.1, 0.15) is 11.7 Å². The predicted molar refractivity (Wildman–Crippen MR) is 230 cm³/mol. The van der Waals surface area contributed by atoms with Gasteiger partial charge in [0.25, 0.3) is 0 Å². The van der Waals surface area contributed by atoms with E-state index in [1.54, 1.807) is 0 Å². The van der Waals surface area contributed by atoms with Crippen molar-refractivity contribution in [3.05, 3.63) is 191 Å². The van der Waals surface area contributed by atoms with E-state index in [0.29, 0.717) is 0 Å². The van der Waals surface area contributed by atoms with Gasteiger partial charge in [-0.05, 0) is 114 Å². The molecule has 3 aromatic carbocycles. The first kappa shape index (κ1) is 33.6. The zero-order valence-electron chi connectivity index (χ0n) is 31.3. The summed E-state index contributed by atoms with van der Waals surface area (Å²) in [6, 6.07) is 26.9. The third kappa shape index (κ3) is 6.20. The Morgan fingerprint density at radius 1 is 0.691 bits per heavy atom. The molecule has 4 nitrogen and oxygen atoms in total. The summed E-state index contributed by atoms with van der Waals surface area (Å²) in [6.45, 7) is 4.76. The lowest BCUT2D eigenvalue weighted by atomic mass is 9.85. The summed E-state index contributed by atoms with van der Waals surface area (Å²) in [7, 11) is 0. The maximum Gasteiger partial charge on any atom is 0.142 e. The molecule has 0 saturated heterocycles. The van der Waals surface area contributed by atoms with Crippen molar-refractivity contribution in [3.8, 4) is 11.1 Å². The highest BCUT2D eigenvalue weighted by Crippen LogP contribution is 2.51. The number of hydrogen-bond donors (Lipinski definition) is 1. The molecule has 0 fully saturated rings. The average Bonchev–Trinajstić information content (AvgIpc) is 3.58. The van der Waals surface area contributed by atoms with Crippen molar-refractivity contribution in [2.24, 2.45) is 4.99 Å². The van der Waals surface area contributed by atoms with Crippen molar-refractivity contribution >= 4 is 34.2 Å². The van der Waals surface area contributed by atoms with Crippen LogP contribution in [0.5, 0.6) is 0 Å². The Morgan fingerprint density at radius 3 is 2.27 bits per heavy atom. The number of benzene rings is 3. The molecule has 10 rings (SSSR count). The summed E-state index contributed by atoms with van der Waals surface area (Å²) >= 11 is 0. The number of allylic oxidation sites excluding steroid dienone is 11. The highest BCUT2D eigenvalue weighted by Gasteiger charge is 2.40. The van der Waals surface area contributed by atoms with Crippen LogP contribution < -0.4 is 10.2 Å². The Hall–Kier alpha value is -6.00. The molecule has 3 heterocycles. The number of aromatic nitrogens is 1. The van der Waals surface area contributed by atoms with E-state index in [2.05, 4.69) is 156 Å². The first-order valence-electron chi connectivity index (χ1n) is 20.1. The topological polar surface area (TPSA) is 40.5 Å². The lowest BCUT2D eigenvalue weighted by molar-refractivity contribution is 0.648.